The number of fused-ring (bicyclic) bond motifs is 8. The Morgan fingerprint density at radius 1 is 0.535 bits per heavy atom. The van der Waals surface area contributed by atoms with Crippen LogP contribution < -0.4 is 0 Å². The van der Waals surface area contributed by atoms with Gasteiger partial charge >= 0.3 is 0 Å². The van der Waals surface area contributed by atoms with Gasteiger partial charge in [0.05, 0.1) is 0 Å². The van der Waals surface area contributed by atoms with Crippen LogP contribution in [-0.4, -0.2) is 0 Å². The van der Waals surface area contributed by atoms with E-state index in [1.807, 2.05) is 17.4 Å². The Labute approximate surface area is 421 Å². The van der Waals surface area contributed by atoms with E-state index < -0.39 is 0 Å². The largest absolute Gasteiger partial charge is 0.456 e. The molecule has 0 N–H and O–H groups in total. The van der Waals surface area contributed by atoms with Crippen molar-refractivity contribution < 1.29 is 4.42 Å². The average molecular weight is 933 g/mol. The molecule has 2 aliphatic carbocycles. The van der Waals surface area contributed by atoms with Crippen LogP contribution in [0, 0.1) is 11.8 Å². The van der Waals surface area contributed by atoms with E-state index in [2.05, 4.69) is 240 Å². The van der Waals surface area contributed by atoms with Crippen LogP contribution in [0.15, 0.2) is 228 Å². The van der Waals surface area contributed by atoms with Crippen LogP contribution in [0.4, 0.5) is 0 Å². The second-order valence-electron chi connectivity index (χ2n) is 20.8. The number of allylic oxidation sites excluding steroid dienone is 4. The molecule has 1 nitrogen and oxygen atoms in total. The van der Waals surface area contributed by atoms with Crippen LogP contribution in [0.2, 0.25) is 0 Å². The zero-order valence-corrected chi connectivity index (χ0v) is 41.6. The smallest absolute Gasteiger partial charge is 0.136 e. The van der Waals surface area contributed by atoms with E-state index in [9.17, 15) is 0 Å². The lowest BCUT2D eigenvalue weighted by Crippen LogP contribution is -2.19. The van der Waals surface area contributed by atoms with Gasteiger partial charge in [0, 0.05) is 42.3 Å². The van der Waals surface area contributed by atoms with Gasteiger partial charge in [-0.1, -0.05) is 216 Å². The van der Waals surface area contributed by atoms with Crippen LogP contribution in [0.1, 0.15) is 72.9 Å². The van der Waals surface area contributed by atoms with E-state index >= 15 is 0 Å². The predicted octanol–water partition coefficient (Wildman–Crippen LogP) is 19.2. The summed E-state index contributed by atoms with van der Waals surface area (Å²) in [4.78, 5) is 0. The number of furan rings is 1. The first-order valence-electron chi connectivity index (χ1n) is 25.5. The van der Waals surface area contributed by atoms with Gasteiger partial charge in [-0.05, 0) is 139 Å². The highest BCUT2D eigenvalue weighted by atomic mass is 32.1. The molecule has 11 aromatic rings. The van der Waals surface area contributed by atoms with Crippen molar-refractivity contribution in [1.29, 1.82) is 0 Å². The van der Waals surface area contributed by atoms with Gasteiger partial charge in [0.25, 0.3) is 0 Å². The molecular formula is C69H56OS. The first-order chi connectivity index (χ1) is 34.8. The van der Waals surface area contributed by atoms with E-state index in [1.54, 1.807) is 0 Å². The van der Waals surface area contributed by atoms with E-state index in [4.69, 9.17) is 4.42 Å². The highest BCUT2D eigenvalue weighted by Gasteiger charge is 2.41. The monoisotopic (exact) mass is 932 g/mol. The van der Waals surface area contributed by atoms with Gasteiger partial charge in [-0.15, -0.1) is 11.3 Å². The molecule has 2 aliphatic rings. The van der Waals surface area contributed by atoms with Crippen LogP contribution in [0.5, 0.6) is 0 Å². The maximum atomic E-state index is 6.29. The van der Waals surface area contributed by atoms with Gasteiger partial charge in [-0.25, -0.2) is 0 Å². The summed E-state index contributed by atoms with van der Waals surface area (Å²) >= 11 is 1.88. The maximum absolute atomic E-state index is 6.29. The fraction of sp³-hybridized carbons (Fsp3) is 0.159. The summed E-state index contributed by atoms with van der Waals surface area (Å²) in [6.07, 6.45) is 6.85. The lowest BCUT2D eigenvalue weighted by atomic mass is 9.72. The van der Waals surface area contributed by atoms with E-state index in [0.29, 0.717) is 11.8 Å². The third-order valence-electron chi connectivity index (χ3n) is 16.3. The topological polar surface area (TPSA) is 13.1 Å². The van der Waals surface area contributed by atoms with Gasteiger partial charge in [-0.3, -0.25) is 0 Å². The molecule has 0 spiro atoms. The van der Waals surface area contributed by atoms with Crippen molar-refractivity contribution in [3.05, 3.63) is 257 Å². The number of hydrogen-bond acceptors (Lipinski definition) is 2. The maximum Gasteiger partial charge on any atom is 0.136 e. The number of rotatable bonds is 10. The van der Waals surface area contributed by atoms with Crippen molar-refractivity contribution in [2.75, 3.05) is 0 Å². The van der Waals surface area contributed by atoms with Gasteiger partial charge in [0.1, 0.15) is 11.2 Å². The van der Waals surface area contributed by atoms with Crippen molar-refractivity contribution in [2.24, 2.45) is 11.8 Å². The van der Waals surface area contributed by atoms with E-state index in [-0.39, 0.29) is 17.3 Å². The summed E-state index contributed by atoms with van der Waals surface area (Å²) in [7, 11) is 0. The number of para-hydroxylation sites is 1. The summed E-state index contributed by atoms with van der Waals surface area (Å²) in [6.45, 7) is 9.72. The van der Waals surface area contributed by atoms with E-state index in [0.717, 1.165) is 29.4 Å². The molecule has 4 unspecified atom stereocenters. The lowest BCUT2D eigenvalue weighted by molar-refractivity contribution is 0.453. The first-order valence-corrected chi connectivity index (χ1v) is 26.3. The van der Waals surface area contributed by atoms with Gasteiger partial charge in [0.15, 0.2) is 0 Å². The minimum absolute atomic E-state index is 0.000774. The Morgan fingerprint density at radius 2 is 1.18 bits per heavy atom. The van der Waals surface area contributed by atoms with Gasteiger partial charge in [-0.2, -0.15) is 0 Å². The highest BCUT2D eigenvalue weighted by molar-refractivity contribution is 7.25. The fourth-order valence-electron chi connectivity index (χ4n) is 12.6. The molecule has 0 saturated carbocycles. The quantitative estimate of drug-likeness (QED) is 0.133. The molecule has 0 radical (unpaired) electrons. The Balaban J connectivity index is 0.842. The molecule has 344 valence electrons. The van der Waals surface area contributed by atoms with Crippen LogP contribution in [0.25, 0.3) is 81.1 Å². The molecule has 13 rings (SSSR count). The fourth-order valence-corrected chi connectivity index (χ4v) is 13.7. The number of benzene rings is 9. The third-order valence-corrected chi connectivity index (χ3v) is 17.5. The summed E-state index contributed by atoms with van der Waals surface area (Å²) in [5.41, 5.74) is 20.9. The molecule has 71 heavy (non-hydrogen) atoms. The lowest BCUT2D eigenvalue weighted by Gasteiger charge is -2.32. The molecule has 0 fully saturated rings. The average Bonchev–Trinajstić information content (AvgIpc) is 4.06. The third kappa shape index (κ3) is 7.42. The summed E-state index contributed by atoms with van der Waals surface area (Å²) < 4.78 is 8.97. The molecule has 0 saturated heterocycles. The number of hydrogen-bond donors (Lipinski definition) is 0. The second kappa shape index (κ2) is 17.4. The Bertz CT molecular complexity index is 3890. The molecule has 4 atom stereocenters. The molecule has 0 bridgehead atoms. The van der Waals surface area contributed by atoms with Crippen molar-refractivity contribution in [3.8, 4) is 33.4 Å². The summed E-state index contributed by atoms with van der Waals surface area (Å²) in [6, 6.07) is 77.0. The van der Waals surface area contributed by atoms with Crippen LogP contribution >= 0.6 is 11.3 Å². The molecule has 0 aliphatic heterocycles. The van der Waals surface area contributed by atoms with Gasteiger partial charge in [0.2, 0.25) is 0 Å². The molecule has 2 heteroatoms. The van der Waals surface area contributed by atoms with Crippen LogP contribution in [0.3, 0.4) is 0 Å². The normalized spacial score (nSPS) is 17.0. The zero-order valence-electron chi connectivity index (χ0n) is 40.8. The van der Waals surface area contributed by atoms with E-state index in [1.165, 1.54) is 103 Å². The second-order valence-corrected chi connectivity index (χ2v) is 21.9. The van der Waals surface area contributed by atoms with Crippen molar-refractivity contribution >= 4 is 59.0 Å². The van der Waals surface area contributed by atoms with Crippen LogP contribution in [-0.2, 0) is 18.3 Å². The summed E-state index contributed by atoms with van der Waals surface area (Å²) in [5.74, 6) is 1.24. The van der Waals surface area contributed by atoms with Gasteiger partial charge < -0.3 is 4.42 Å². The predicted molar refractivity (Wildman–Crippen MR) is 303 cm³/mol. The molecule has 0 amide bonds. The van der Waals surface area contributed by atoms with Crippen molar-refractivity contribution in [1.82, 2.24) is 0 Å². The summed E-state index contributed by atoms with van der Waals surface area (Å²) in [5, 5.41) is 5.01. The Kier molecular flexibility index (Phi) is 10.7. The first kappa shape index (κ1) is 43.5. The highest BCUT2D eigenvalue weighted by Crippen LogP contribution is 2.55. The molecule has 2 heterocycles. The Morgan fingerprint density at radius 3 is 2.03 bits per heavy atom. The number of thiophene rings is 1. The van der Waals surface area contributed by atoms with Crippen molar-refractivity contribution in [3.63, 3.8) is 0 Å². The molecular weight excluding hydrogens is 877 g/mol. The van der Waals surface area contributed by atoms with Crippen molar-refractivity contribution in [2.45, 2.75) is 57.8 Å². The minimum atomic E-state index is 0.000774. The zero-order chi connectivity index (χ0) is 47.8. The Hall–Kier alpha value is -7.52. The SMILES string of the molecule is CC(Cc1ccccc1-c1ccccc1C1C=CC2=C(c3ccccc3C2(C)C)C1C)C(Cc1ccc(-c2cccc3oc4ccccc4c23)cc1)c1ccc(-c2ccc3sc4ccccc4c3c2)cc1. The molecule has 9 aromatic carbocycles. The molecule has 2 aromatic heterocycles. The minimum Gasteiger partial charge on any atom is -0.456 e. The standard InChI is InChI=1S/C69H56OS/c1-43(40-50-16-5-6-17-52(50)55-19-8-7-18-54(55)51-37-38-62-67(44(51)2)57-21-9-12-24-61(57)69(62,3)4)59(48-34-32-46(33-35-48)49-36-39-66-60(42-49)56-20-11-14-27-65(56)71-66)41-45-28-30-47(31-29-45)53-23-15-26-64-68(53)58-22-10-13-25-63(58)70-64/h5-39,42-44,51,59H,40-41H2,1-4H3.